The Bertz CT molecular complexity index is 697. The third-order valence-corrected chi connectivity index (χ3v) is 7.02. The molecule has 4 rings (SSSR count). The highest BCUT2D eigenvalue weighted by Gasteiger charge is 2.38. The molecule has 3 aliphatic rings. The molecule has 0 aliphatic carbocycles. The molecule has 0 radical (unpaired) electrons. The van der Waals surface area contributed by atoms with Gasteiger partial charge >= 0.3 is 0 Å². The Morgan fingerprint density at radius 1 is 0.893 bits per heavy atom. The van der Waals surface area contributed by atoms with Gasteiger partial charge in [-0.15, -0.1) is 0 Å². The maximum atomic E-state index is 13.1. The third-order valence-electron chi connectivity index (χ3n) is 7.02. The lowest BCUT2D eigenvalue weighted by Crippen LogP contribution is -2.50. The fraction of sp³-hybridized carbons (Fsp3) is 0.636. The summed E-state index contributed by atoms with van der Waals surface area (Å²) in [5.74, 6) is -0.109. The normalized spacial score (nSPS) is 23.0. The van der Waals surface area contributed by atoms with Crippen LogP contribution >= 0.6 is 0 Å². The minimum atomic E-state index is -0.339. The van der Waals surface area contributed by atoms with Crippen LogP contribution in [0.4, 0.5) is 4.39 Å². The van der Waals surface area contributed by atoms with E-state index in [0.717, 1.165) is 51.9 Å². The van der Waals surface area contributed by atoms with Crippen LogP contribution in [0, 0.1) is 17.2 Å². The van der Waals surface area contributed by atoms with Crippen LogP contribution in [-0.2, 0) is 4.79 Å². The van der Waals surface area contributed by atoms with E-state index in [1.807, 2.05) is 0 Å². The van der Waals surface area contributed by atoms with Gasteiger partial charge < -0.3 is 15.1 Å². The molecule has 0 atom stereocenters. The van der Waals surface area contributed by atoms with E-state index < -0.39 is 0 Å². The van der Waals surface area contributed by atoms with Crippen LogP contribution in [0.15, 0.2) is 24.3 Å². The van der Waals surface area contributed by atoms with Crippen molar-refractivity contribution in [3.63, 3.8) is 0 Å². The number of piperidine rings is 3. The lowest BCUT2D eigenvalue weighted by atomic mass is 9.71. The van der Waals surface area contributed by atoms with Crippen LogP contribution in [0.25, 0.3) is 0 Å². The predicted molar refractivity (Wildman–Crippen MR) is 105 cm³/mol. The van der Waals surface area contributed by atoms with Crippen molar-refractivity contribution < 1.29 is 14.0 Å². The maximum absolute atomic E-state index is 13.1. The smallest absolute Gasteiger partial charge is 0.253 e. The molecule has 3 fully saturated rings. The van der Waals surface area contributed by atoms with Crippen LogP contribution in [0.3, 0.4) is 0 Å². The van der Waals surface area contributed by atoms with E-state index in [1.54, 1.807) is 4.90 Å². The topological polar surface area (TPSA) is 52.7 Å². The molecule has 0 aromatic heterocycles. The minimum absolute atomic E-state index is 0.0272. The number of amides is 2. The van der Waals surface area contributed by atoms with Crippen molar-refractivity contribution in [2.45, 2.75) is 38.5 Å². The number of rotatable bonds is 2. The number of hydrogen-bond acceptors (Lipinski definition) is 3. The molecular weight excluding hydrogens is 357 g/mol. The van der Waals surface area contributed by atoms with Crippen LogP contribution < -0.4 is 5.32 Å². The second-order valence-electron chi connectivity index (χ2n) is 8.65. The first-order chi connectivity index (χ1) is 13.6. The molecule has 0 unspecified atom stereocenters. The Morgan fingerprint density at radius 3 is 2.11 bits per heavy atom. The van der Waals surface area contributed by atoms with E-state index >= 15 is 0 Å². The van der Waals surface area contributed by atoms with E-state index in [-0.39, 0.29) is 23.5 Å². The van der Waals surface area contributed by atoms with Gasteiger partial charge in [0.1, 0.15) is 5.82 Å². The average Bonchev–Trinajstić information content (AvgIpc) is 2.75. The lowest BCUT2D eigenvalue weighted by molar-refractivity contribution is -0.139. The van der Waals surface area contributed by atoms with Crippen LogP contribution in [0.2, 0.25) is 0 Å². The fourth-order valence-corrected chi connectivity index (χ4v) is 5.02. The highest BCUT2D eigenvalue weighted by Crippen LogP contribution is 2.40. The Labute approximate surface area is 166 Å². The Balaban J connectivity index is 1.27. The molecule has 28 heavy (non-hydrogen) atoms. The van der Waals surface area contributed by atoms with E-state index in [0.29, 0.717) is 24.1 Å². The quantitative estimate of drug-likeness (QED) is 0.849. The highest BCUT2D eigenvalue weighted by atomic mass is 19.1. The molecular formula is C22H30FN3O2. The summed E-state index contributed by atoms with van der Waals surface area (Å²) < 4.78 is 13.1. The summed E-state index contributed by atoms with van der Waals surface area (Å²) in [7, 11) is 0. The zero-order valence-corrected chi connectivity index (χ0v) is 16.5. The van der Waals surface area contributed by atoms with Crippen molar-refractivity contribution in [3.8, 4) is 0 Å². The van der Waals surface area contributed by atoms with Gasteiger partial charge in [-0.25, -0.2) is 4.39 Å². The Hall–Kier alpha value is -1.95. The van der Waals surface area contributed by atoms with Crippen molar-refractivity contribution in [3.05, 3.63) is 35.6 Å². The summed E-state index contributed by atoms with van der Waals surface area (Å²) in [4.78, 5) is 29.4. The van der Waals surface area contributed by atoms with Crippen LogP contribution in [-0.4, -0.2) is 60.9 Å². The zero-order valence-electron chi connectivity index (χ0n) is 16.5. The summed E-state index contributed by atoms with van der Waals surface area (Å²) in [6.07, 6.45) is 6.16. The first-order valence-electron chi connectivity index (χ1n) is 10.6. The second kappa shape index (κ2) is 8.19. The predicted octanol–water partition coefficient (Wildman–Crippen LogP) is 2.67. The van der Waals surface area contributed by atoms with E-state index in [9.17, 15) is 14.0 Å². The molecule has 152 valence electrons. The highest BCUT2D eigenvalue weighted by molar-refractivity contribution is 5.94. The van der Waals surface area contributed by atoms with Gasteiger partial charge in [0.15, 0.2) is 0 Å². The summed E-state index contributed by atoms with van der Waals surface area (Å²) >= 11 is 0. The molecule has 1 spiro atoms. The number of nitrogens with one attached hydrogen (secondary N) is 1. The van der Waals surface area contributed by atoms with E-state index in [4.69, 9.17) is 0 Å². The first kappa shape index (κ1) is 19.4. The SMILES string of the molecule is O=C(c1ccc(F)cc1)N1CCC(C(=O)N2CCC3(CCNCC3)CC2)CC1. The largest absolute Gasteiger partial charge is 0.342 e. The number of benzene rings is 1. The number of halogens is 1. The van der Waals surface area contributed by atoms with E-state index in [1.165, 1.54) is 37.1 Å². The van der Waals surface area contributed by atoms with Gasteiger partial charge in [0.2, 0.25) is 5.91 Å². The second-order valence-corrected chi connectivity index (χ2v) is 8.65. The Morgan fingerprint density at radius 2 is 1.50 bits per heavy atom. The standard InChI is InChI=1S/C22H30FN3O2/c23-19-3-1-17(2-4-19)20(27)25-13-5-18(6-14-25)21(28)26-15-9-22(10-16-26)7-11-24-12-8-22/h1-4,18,24H,5-16H2. The van der Waals surface area contributed by atoms with Crippen molar-refractivity contribution in [2.75, 3.05) is 39.3 Å². The first-order valence-corrected chi connectivity index (χ1v) is 10.6. The molecule has 6 heteroatoms. The average molecular weight is 387 g/mol. The van der Waals surface area contributed by atoms with Gasteiger partial charge in [-0.05, 0) is 81.3 Å². The molecule has 0 saturated carbocycles. The molecule has 3 saturated heterocycles. The van der Waals surface area contributed by atoms with Crippen LogP contribution in [0.5, 0.6) is 0 Å². The molecule has 5 nitrogen and oxygen atoms in total. The third kappa shape index (κ3) is 4.07. The molecule has 3 heterocycles. The summed E-state index contributed by atoms with van der Waals surface area (Å²) in [5.41, 5.74) is 0.960. The maximum Gasteiger partial charge on any atom is 0.253 e. The van der Waals surface area contributed by atoms with Crippen molar-refractivity contribution in [1.29, 1.82) is 0 Å². The summed E-state index contributed by atoms with van der Waals surface area (Å²) in [6, 6.07) is 5.68. The van der Waals surface area contributed by atoms with E-state index in [2.05, 4.69) is 10.2 Å². The summed E-state index contributed by atoms with van der Waals surface area (Å²) in [6.45, 7) is 5.16. The molecule has 1 aromatic rings. The fourth-order valence-electron chi connectivity index (χ4n) is 5.02. The van der Waals surface area contributed by atoms with Gasteiger partial charge in [0.05, 0.1) is 0 Å². The van der Waals surface area contributed by atoms with Crippen molar-refractivity contribution >= 4 is 11.8 Å². The Kier molecular flexibility index (Phi) is 5.67. The van der Waals surface area contributed by atoms with Gasteiger partial charge in [0.25, 0.3) is 5.91 Å². The molecule has 1 N–H and O–H groups in total. The zero-order chi connectivity index (χ0) is 19.6. The van der Waals surface area contributed by atoms with Gasteiger partial charge in [0, 0.05) is 37.7 Å². The lowest BCUT2D eigenvalue weighted by Gasteiger charge is -2.45. The molecule has 3 aliphatic heterocycles. The van der Waals surface area contributed by atoms with Crippen molar-refractivity contribution in [1.82, 2.24) is 15.1 Å². The number of nitrogens with zero attached hydrogens (tertiary/aromatic N) is 2. The number of hydrogen-bond donors (Lipinski definition) is 1. The number of carbonyl (C=O) groups excluding carboxylic acids is 2. The summed E-state index contributed by atoms with van der Waals surface area (Å²) in [5, 5.41) is 3.44. The number of carbonyl (C=O) groups is 2. The van der Waals surface area contributed by atoms with Crippen LogP contribution in [0.1, 0.15) is 48.9 Å². The van der Waals surface area contributed by atoms with Crippen molar-refractivity contribution in [2.24, 2.45) is 11.3 Å². The van der Waals surface area contributed by atoms with Gasteiger partial charge in [-0.1, -0.05) is 0 Å². The van der Waals surface area contributed by atoms with Gasteiger partial charge in [-0.2, -0.15) is 0 Å². The monoisotopic (exact) mass is 387 g/mol. The number of likely N-dealkylation sites (tertiary alicyclic amines) is 2. The molecule has 1 aromatic carbocycles. The van der Waals surface area contributed by atoms with Gasteiger partial charge in [-0.3, -0.25) is 9.59 Å². The minimum Gasteiger partial charge on any atom is -0.342 e. The molecule has 2 amide bonds. The molecule has 0 bridgehead atoms.